The van der Waals surface area contributed by atoms with E-state index < -0.39 is 17.4 Å². The van der Waals surface area contributed by atoms with Crippen molar-refractivity contribution >= 4 is 11.9 Å². The number of hydrogen-bond acceptors (Lipinski definition) is 6. The molecule has 0 unspecified atom stereocenters. The van der Waals surface area contributed by atoms with Crippen molar-refractivity contribution in [1.82, 2.24) is 0 Å². The fourth-order valence-corrected chi connectivity index (χ4v) is 2.50. The first kappa shape index (κ1) is 24.6. The van der Waals surface area contributed by atoms with E-state index in [-0.39, 0.29) is 6.29 Å². The SMILES string of the molecule is [CH2]C(C)(C)[C](OOC(=O)c1ccc(C(C)C)cc1)OOC(=O)c1ccc(C(C)C)cc1. The molecule has 0 aromatic heterocycles. The maximum absolute atomic E-state index is 12.3. The Hall–Kier alpha value is -2.70. The molecular weight excluding hydrogens is 396 g/mol. The Morgan fingerprint density at radius 1 is 0.677 bits per heavy atom. The van der Waals surface area contributed by atoms with Crippen LogP contribution in [0, 0.1) is 18.6 Å². The van der Waals surface area contributed by atoms with Gasteiger partial charge in [-0.2, -0.15) is 0 Å². The van der Waals surface area contributed by atoms with Crippen molar-refractivity contribution < 1.29 is 29.1 Å². The van der Waals surface area contributed by atoms with Crippen LogP contribution in [-0.4, -0.2) is 11.9 Å². The summed E-state index contributed by atoms with van der Waals surface area (Å²) in [6.07, 6.45) is -0.271. The first-order valence-corrected chi connectivity index (χ1v) is 10.2. The van der Waals surface area contributed by atoms with Gasteiger partial charge in [-0.25, -0.2) is 9.59 Å². The predicted octanol–water partition coefficient (Wildman–Crippen LogP) is 6.16. The van der Waals surface area contributed by atoms with Crippen molar-refractivity contribution in [3.05, 3.63) is 84.0 Å². The Kier molecular flexibility index (Phi) is 8.36. The highest BCUT2D eigenvalue weighted by molar-refractivity contribution is 5.89. The van der Waals surface area contributed by atoms with Gasteiger partial charge in [-0.05, 0) is 54.2 Å². The van der Waals surface area contributed by atoms with Crippen molar-refractivity contribution in [3.63, 3.8) is 0 Å². The van der Waals surface area contributed by atoms with Crippen LogP contribution in [0.2, 0.25) is 0 Å². The van der Waals surface area contributed by atoms with Crippen molar-refractivity contribution in [3.8, 4) is 0 Å². The quantitative estimate of drug-likeness (QED) is 0.353. The largest absolute Gasteiger partial charge is 0.373 e. The van der Waals surface area contributed by atoms with E-state index in [0.717, 1.165) is 11.1 Å². The topological polar surface area (TPSA) is 71.1 Å². The Labute approximate surface area is 184 Å². The molecule has 0 spiro atoms. The van der Waals surface area contributed by atoms with Crippen LogP contribution in [0.25, 0.3) is 0 Å². The smallest absolute Gasteiger partial charge is 0.289 e. The average Bonchev–Trinajstić information content (AvgIpc) is 2.72. The summed E-state index contributed by atoms with van der Waals surface area (Å²) >= 11 is 0. The van der Waals surface area contributed by atoms with Crippen LogP contribution in [0.1, 0.15) is 85.2 Å². The van der Waals surface area contributed by atoms with E-state index in [1.165, 1.54) is 0 Å². The molecule has 0 aliphatic rings. The van der Waals surface area contributed by atoms with E-state index in [1.54, 1.807) is 38.1 Å². The fraction of sp³-hybridized carbons (Fsp3) is 0.360. The summed E-state index contributed by atoms with van der Waals surface area (Å²) in [5.41, 5.74) is 1.85. The molecule has 2 aromatic rings. The minimum Gasteiger partial charge on any atom is -0.289 e. The maximum atomic E-state index is 12.3. The van der Waals surface area contributed by atoms with E-state index in [4.69, 9.17) is 19.6 Å². The van der Waals surface area contributed by atoms with Gasteiger partial charge >= 0.3 is 18.2 Å². The van der Waals surface area contributed by atoms with Crippen molar-refractivity contribution in [2.75, 3.05) is 0 Å². The third-order valence-electron chi connectivity index (χ3n) is 4.56. The normalized spacial score (nSPS) is 11.8. The van der Waals surface area contributed by atoms with Gasteiger partial charge in [0.25, 0.3) is 0 Å². The van der Waals surface area contributed by atoms with Crippen molar-refractivity contribution in [1.29, 1.82) is 0 Å². The van der Waals surface area contributed by atoms with Crippen LogP contribution < -0.4 is 0 Å². The van der Waals surface area contributed by atoms with Crippen LogP contribution in [0.5, 0.6) is 0 Å². The molecule has 0 aliphatic carbocycles. The molecule has 2 radical (unpaired) electrons. The number of hydrogen-bond donors (Lipinski definition) is 0. The van der Waals surface area contributed by atoms with Crippen molar-refractivity contribution in [2.24, 2.45) is 5.41 Å². The number of carbonyl (C=O) groups excluding carboxylic acids is 2. The third-order valence-corrected chi connectivity index (χ3v) is 4.56. The molecule has 0 amide bonds. The fourth-order valence-electron chi connectivity index (χ4n) is 2.50. The lowest BCUT2D eigenvalue weighted by Gasteiger charge is -2.24. The molecule has 2 aromatic carbocycles. The van der Waals surface area contributed by atoms with Gasteiger partial charge in [-0.3, -0.25) is 9.78 Å². The Bertz CT molecular complexity index is 793. The van der Waals surface area contributed by atoms with Gasteiger partial charge in [0.1, 0.15) is 0 Å². The zero-order valence-electron chi connectivity index (χ0n) is 18.9. The highest BCUT2D eigenvalue weighted by Crippen LogP contribution is 2.31. The summed E-state index contributed by atoms with van der Waals surface area (Å²) < 4.78 is 0. The summed E-state index contributed by atoms with van der Waals surface area (Å²) in [7, 11) is 0. The van der Waals surface area contributed by atoms with Gasteiger partial charge in [0.2, 0.25) is 0 Å². The molecule has 0 heterocycles. The molecule has 0 fully saturated rings. The zero-order chi connectivity index (χ0) is 23.2. The summed E-state index contributed by atoms with van der Waals surface area (Å²) in [5.74, 6) is -0.733. The maximum Gasteiger partial charge on any atom is 0.373 e. The number of benzene rings is 2. The summed E-state index contributed by atoms with van der Waals surface area (Å²) in [6.45, 7) is 15.4. The highest BCUT2D eigenvalue weighted by Gasteiger charge is 2.34. The van der Waals surface area contributed by atoms with E-state index in [1.807, 2.05) is 24.3 Å². The molecule has 0 aliphatic heterocycles. The number of carbonyl (C=O) groups is 2. The summed E-state index contributed by atoms with van der Waals surface area (Å²) in [5, 5.41) is 0. The molecule has 0 bridgehead atoms. The summed E-state index contributed by atoms with van der Waals surface area (Å²) in [4.78, 5) is 44.3. The lowest BCUT2D eigenvalue weighted by Crippen LogP contribution is -2.27. The lowest BCUT2D eigenvalue weighted by molar-refractivity contribution is -0.378. The van der Waals surface area contributed by atoms with E-state index >= 15 is 0 Å². The molecule has 0 saturated heterocycles. The first-order valence-electron chi connectivity index (χ1n) is 10.2. The van der Waals surface area contributed by atoms with Crippen LogP contribution in [0.3, 0.4) is 0 Å². The molecule has 166 valence electrons. The predicted molar refractivity (Wildman–Crippen MR) is 116 cm³/mol. The van der Waals surface area contributed by atoms with Gasteiger partial charge in [0.15, 0.2) is 0 Å². The molecule has 0 N–H and O–H groups in total. The van der Waals surface area contributed by atoms with Crippen molar-refractivity contribution in [2.45, 2.75) is 53.4 Å². The minimum atomic E-state index is -0.969. The molecule has 6 nitrogen and oxygen atoms in total. The van der Waals surface area contributed by atoms with Gasteiger partial charge in [0, 0.05) is 5.41 Å². The Balaban J connectivity index is 1.95. The molecular formula is C25H30O6. The van der Waals surface area contributed by atoms with Crippen LogP contribution >= 0.6 is 0 Å². The minimum absolute atomic E-state index is 0.271. The van der Waals surface area contributed by atoms with E-state index in [0.29, 0.717) is 23.0 Å². The first-order chi connectivity index (χ1) is 14.5. The molecule has 31 heavy (non-hydrogen) atoms. The Morgan fingerprint density at radius 2 is 1.00 bits per heavy atom. The second-order valence-corrected chi connectivity index (χ2v) is 8.63. The zero-order valence-corrected chi connectivity index (χ0v) is 18.9. The molecule has 0 atom stereocenters. The van der Waals surface area contributed by atoms with E-state index in [9.17, 15) is 9.59 Å². The monoisotopic (exact) mass is 426 g/mol. The highest BCUT2D eigenvalue weighted by atomic mass is 17.3. The molecule has 2 rings (SSSR count). The Morgan fingerprint density at radius 3 is 1.26 bits per heavy atom. The molecule has 0 saturated carbocycles. The second kappa shape index (κ2) is 10.6. The third kappa shape index (κ3) is 7.19. The number of rotatable bonds is 9. The van der Waals surface area contributed by atoms with Gasteiger partial charge in [-0.15, -0.1) is 9.78 Å². The van der Waals surface area contributed by atoms with E-state index in [2.05, 4.69) is 34.6 Å². The van der Waals surface area contributed by atoms with Crippen LogP contribution in [0.15, 0.2) is 48.5 Å². The summed E-state index contributed by atoms with van der Waals surface area (Å²) in [6, 6.07) is 14.0. The van der Waals surface area contributed by atoms with Gasteiger partial charge < -0.3 is 0 Å². The van der Waals surface area contributed by atoms with Crippen LogP contribution in [-0.2, 0) is 19.6 Å². The van der Waals surface area contributed by atoms with Gasteiger partial charge in [-0.1, -0.05) is 65.8 Å². The lowest BCUT2D eigenvalue weighted by atomic mass is 9.96. The average molecular weight is 427 g/mol. The standard InChI is InChI=1S/C25H30O6/c1-16(2)18-8-12-20(13-9-18)22(26)28-30-24(25(5,6)7)31-29-23(27)21-14-10-19(11-15-21)17(3)4/h8-17H,5H2,1-4,6-7H3. The van der Waals surface area contributed by atoms with Gasteiger partial charge in [0.05, 0.1) is 11.1 Å². The van der Waals surface area contributed by atoms with Crippen LogP contribution in [0.4, 0.5) is 0 Å². The molecule has 6 heteroatoms. The second-order valence-electron chi connectivity index (χ2n) is 8.63.